The summed E-state index contributed by atoms with van der Waals surface area (Å²) in [6, 6.07) is 2.76. The third kappa shape index (κ3) is 3.59. The lowest BCUT2D eigenvalue weighted by Crippen LogP contribution is -2.39. The summed E-state index contributed by atoms with van der Waals surface area (Å²) in [7, 11) is 2.97. The number of hydrogen-bond acceptors (Lipinski definition) is 6. The molecule has 0 saturated carbocycles. The Morgan fingerprint density at radius 2 is 2.00 bits per heavy atom. The Balaban J connectivity index is 2.38. The van der Waals surface area contributed by atoms with E-state index in [1.165, 1.54) is 31.2 Å². The lowest BCUT2D eigenvalue weighted by Gasteiger charge is -2.12. The minimum absolute atomic E-state index is 0.173. The molecule has 2 aromatic rings. The highest BCUT2D eigenvalue weighted by Gasteiger charge is 2.13. The van der Waals surface area contributed by atoms with Crippen molar-refractivity contribution in [3.63, 3.8) is 0 Å². The second kappa shape index (κ2) is 7.10. The maximum absolute atomic E-state index is 12.5. The van der Waals surface area contributed by atoms with Crippen LogP contribution in [0.15, 0.2) is 23.3 Å². The molecular formula is C15H19N3O5. The van der Waals surface area contributed by atoms with Gasteiger partial charge in [0.2, 0.25) is 5.91 Å². The van der Waals surface area contributed by atoms with Crippen LogP contribution in [0.25, 0.3) is 10.9 Å². The van der Waals surface area contributed by atoms with Crippen molar-refractivity contribution in [3.05, 3.63) is 28.8 Å². The monoisotopic (exact) mass is 321 g/mol. The van der Waals surface area contributed by atoms with E-state index < -0.39 is 0 Å². The van der Waals surface area contributed by atoms with Gasteiger partial charge < -0.3 is 19.9 Å². The van der Waals surface area contributed by atoms with E-state index in [9.17, 15) is 9.59 Å². The van der Waals surface area contributed by atoms with Crippen molar-refractivity contribution in [2.24, 2.45) is 0 Å². The van der Waals surface area contributed by atoms with Gasteiger partial charge in [-0.2, -0.15) is 0 Å². The smallest absolute Gasteiger partial charge is 0.261 e. The zero-order chi connectivity index (χ0) is 17.0. The molecule has 1 atom stereocenters. The molecule has 0 radical (unpaired) electrons. The number of fused-ring (bicyclic) bond motifs is 1. The Bertz CT molecular complexity index is 772. The Kier molecular flexibility index (Phi) is 5.17. The van der Waals surface area contributed by atoms with Crippen LogP contribution in [0.3, 0.4) is 0 Å². The molecule has 0 spiro atoms. The zero-order valence-corrected chi connectivity index (χ0v) is 13.2. The fourth-order valence-corrected chi connectivity index (χ4v) is 2.12. The summed E-state index contributed by atoms with van der Waals surface area (Å²) in [5.41, 5.74) is 0.0933. The highest BCUT2D eigenvalue weighted by Crippen LogP contribution is 2.29. The third-order valence-electron chi connectivity index (χ3n) is 3.32. The van der Waals surface area contributed by atoms with Crippen molar-refractivity contribution < 1.29 is 19.4 Å². The topological polar surface area (TPSA) is 103 Å². The first-order valence-corrected chi connectivity index (χ1v) is 7.01. The molecule has 0 aliphatic rings. The van der Waals surface area contributed by atoms with Crippen molar-refractivity contribution in [2.75, 3.05) is 20.8 Å². The fraction of sp³-hybridized carbons (Fsp3) is 0.400. The second-order valence-electron chi connectivity index (χ2n) is 5.05. The minimum Gasteiger partial charge on any atom is -0.493 e. The van der Waals surface area contributed by atoms with Crippen LogP contribution < -0.4 is 20.3 Å². The molecular weight excluding hydrogens is 302 g/mol. The SMILES string of the molecule is COc1cc2ncn(CC(=O)NC(C)CO)c(=O)c2cc1OC. The van der Waals surface area contributed by atoms with Crippen molar-refractivity contribution in [3.8, 4) is 11.5 Å². The number of ether oxygens (including phenoxy) is 2. The summed E-state index contributed by atoms with van der Waals surface area (Å²) in [4.78, 5) is 28.5. The minimum atomic E-state index is -0.379. The van der Waals surface area contributed by atoms with Gasteiger partial charge in [-0.3, -0.25) is 14.2 Å². The molecule has 0 saturated heterocycles. The number of amides is 1. The van der Waals surface area contributed by atoms with Gasteiger partial charge in [-0.15, -0.1) is 0 Å². The van der Waals surface area contributed by atoms with E-state index in [0.29, 0.717) is 22.4 Å². The summed E-state index contributed by atoms with van der Waals surface area (Å²) >= 11 is 0. The van der Waals surface area contributed by atoms with Gasteiger partial charge >= 0.3 is 0 Å². The first-order chi connectivity index (χ1) is 11.0. The van der Waals surface area contributed by atoms with Crippen LogP contribution in [0.5, 0.6) is 11.5 Å². The van der Waals surface area contributed by atoms with Crippen molar-refractivity contribution in [1.82, 2.24) is 14.9 Å². The summed E-state index contributed by atoms with van der Waals surface area (Å²) in [5, 5.41) is 11.8. The average Bonchev–Trinajstić information content (AvgIpc) is 2.56. The van der Waals surface area contributed by atoms with Crippen molar-refractivity contribution >= 4 is 16.8 Å². The van der Waals surface area contributed by atoms with Gasteiger partial charge in [-0.05, 0) is 13.0 Å². The maximum atomic E-state index is 12.5. The number of hydrogen-bond donors (Lipinski definition) is 2. The molecule has 8 heteroatoms. The predicted octanol–water partition coefficient (Wildman–Crippen LogP) is -0.0893. The number of carbonyl (C=O) groups is 1. The molecule has 0 aliphatic carbocycles. The number of methoxy groups -OCH3 is 2. The van der Waals surface area contributed by atoms with E-state index in [0.717, 1.165) is 0 Å². The van der Waals surface area contributed by atoms with E-state index in [2.05, 4.69) is 10.3 Å². The molecule has 8 nitrogen and oxygen atoms in total. The summed E-state index contributed by atoms with van der Waals surface area (Å²) < 4.78 is 11.6. The van der Waals surface area contributed by atoms with Gasteiger partial charge in [0.25, 0.3) is 5.56 Å². The second-order valence-corrected chi connectivity index (χ2v) is 5.05. The van der Waals surface area contributed by atoms with E-state index in [1.807, 2.05) is 0 Å². The Hall–Kier alpha value is -2.61. The highest BCUT2D eigenvalue weighted by atomic mass is 16.5. The number of carbonyl (C=O) groups excluding carboxylic acids is 1. The normalized spacial score (nSPS) is 12.0. The first-order valence-electron chi connectivity index (χ1n) is 7.01. The van der Waals surface area contributed by atoms with Crippen LogP contribution in [0.4, 0.5) is 0 Å². The standard InChI is InChI=1S/C15H19N3O5/c1-9(7-19)17-14(20)6-18-8-16-11-5-13(23-3)12(22-2)4-10(11)15(18)21/h4-5,8-9,19H,6-7H2,1-3H3,(H,17,20). The molecule has 2 N–H and O–H groups in total. The summed E-state index contributed by atoms with van der Waals surface area (Å²) in [6.07, 6.45) is 1.31. The molecule has 124 valence electrons. The van der Waals surface area contributed by atoms with Gasteiger partial charge in [0.05, 0.1) is 38.1 Å². The average molecular weight is 321 g/mol. The maximum Gasteiger partial charge on any atom is 0.261 e. The van der Waals surface area contributed by atoms with Crippen LogP contribution in [-0.4, -0.2) is 47.4 Å². The molecule has 2 rings (SSSR count). The fourth-order valence-electron chi connectivity index (χ4n) is 2.12. The number of aromatic nitrogens is 2. The molecule has 0 fully saturated rings. The molecule has 0 aliphatic heterocycles. The van der Waals surface area contributed by atoms with Crippen LogP contribution in [0, 0.1) is 0 Å². The van der Waals surface area contributed by atoms with Gasteiger partial charge in [0.1, 0.15) is 6.54 Å². The lowest BCUT2D eigenvalue weighted by atomic mass is 10.2. The lowest BCUT2D eigenvalue weighted by molar-refractivity contribution is -0.122. The molecule has 1 unspecified atom stereocenters. The van der Waals surface area contributed by atoms with Gasteiger partial charge in [-0.25, -0.2) is 4.98 Å². The number of nitrogens with zero attached hydrogens (tertiary/aromatic N) is 2. The van der Waals surface area contributed by atoms with Crippen LogP contribution in [0.1, 0.15) is 6.92 Å². The molecule has 1 aromatic carbocycles. The van der Waals surface area contributed by atoms with Gasteiger partial charge in [0, 0.05) is 12.1 Å². The molecule has 1 amide bonds. The number of benzene rings is 1. The van der Waals surface area contributed by atoms with E-state index >= 15 is 0 Å². The number of aliphatic hydroxyl groups is 1. The highest BCUT2D eigenvalue weighted by molar-refractivity contribution is 5.82. The van der Waals surface area contributed by atoms with Gasteiger partial charge in [0.15, 0.2) is 11.5 Å². The largest absolute Gasteiger partial charge is 0.493 e. The first kappa shape index (κ1) is 16.8. The number of nitrogens with one attached hydrogen (secondary N) is 1. The molecule has 1 aromatic heterocycles. The molecule has 23 heavy (non-hydrogen) atoms. The summed E-state index contributed by atoms with van der Waals surface area (Å²) in [6.45, 7) is 1.31. The molecule has 1 heterocycles. The molecule has 0 bridgehead atoms. The van der Waals surface area contributed by atoms with E-state index in [1.54, 1.807) is 13.0 Å². The van der Waals surface area contributed by atoms with E-state index in [4.69, 9.17) is 14.6 Å². The summed E-state index contributed by atoms with van der Waals surface area (Å²) in [5.74, 6) is 0.504. The quantitative estimate of drug-likeness (QED) is 0.771. The van der Waals surface area contributed by atoms with Crippen LogP contribution >= 0.6 is 0 Å². The van der Waals surface area contributed by atoms with E-state index in [-0.39, 0.29) is 30.7 Å². The Morgan fingerprint density at radius 1 is 1.35 bits per heavy atom. The zero-order valence-electron chi connectivity index (χ0n) is 13.2. The van der Waals surface area contributed by atoms with Gasteiger partial charge in [-0.1, -0.05) is 0 Å². The van der Waals surface area contributed by atoms with Crippen LogP contribution in [-0.2, 0) is 11.3 Å². The van der Waals surface area contributed by atoms with Crippen LogP contribution in [0.2, 0.25) is 0 Å². The predicted molar refractivity (Wildman–Crippen MR) is 83.8 cm³/mol. The Labute approximate surface area is 132 Å². The number of aliphatic hydroxyl groups excluding tert-OH is 1. The number of rotatable bonds is 6. The third-order valence-corrected chi connectivity index (χ3v) is 3.32. The van der Waals surface area contributed by atoms with Crippen molar-refractivity contribution in [1.29, 1.82) is 0 Å². The van der Waals surface area contributed by atoms with Crippen molar-refractivity contribution in [2.45, 2.75) is 19.5 Å². The Morgan fingerprint density at radius 3 is 2.61 bits per heavy atom.